The number of hydrogen-bond acceptors (Lipinski definition) is 3. The van der Waals surface area contributed by atoms with Crippen LogP contribution in [0.2, 0.25) is 0 Å². The zero-order valence-electron chi connectivity index (χ0n) is 7.86. The fraction of sp³-hybridized carbons (Fsp3) is 0.857. The zero-order valence-corrected chi connectivity index (χ0v) is 7.86. The molecule has 1 aliphatic rings. The molecule has 6 nitrogen and oxygen atoms in total. The number of carbonyl (C=O) groups is 1. The molecular weight excluding hydrogens is 210 g/mol. The Morgan fingerprint density at radius 3 is 2.80 bits per heavy atom. The fourth-order valence-corrected chi connectivity index (χ4v) is 1.67. The van der Waals surface area contributed by atoms with Gasteiger partial charge >= 0.3 is 6.09 Å². The normalized spacial score (nSPS) is 24.0. The maximum Gasteiger partial charge on any atom is 0.526 e. The molecule has 1 amide bonds. The molecule has 1 unspecified atom stereocenters. The first kappa shape index (κ1) is 11.5. The van der Waals surface area contributed by atoms with E-state index in [9.17, 15) is 13.6 Å². The first-order chi connectivity index (χ1) is 6.96. The van der Waals surface area contributed by atoms with Crippen LogP contribution in [0.4, 0.5) is 13.6 Å². The number of nitrogens with one attached hydrogen (secondary N) is 1. The highest BCUT2D eigenvalue weighted by molar-refractivity contribution is 5.64. The van der Waals surface area contributed by atoms with Crippen LogP contribution in [0.25, 0.3) is 0 Å². The summed E-state index contributed by atoms with van der Waals surface area (Å²) in [5.74, 6) is -2.85. The number of hydrogen-bond donors (Lipinski definition) is 2. The molecule has 0 radical (unpaired) electrons. The summed E-state index contributed by atoms with van der Waals surface area (Å²) in [7, 11) is 0. The Labute approximate surface area is 84.1 Å². The standard InChI is InChI=1S/C7H10F2N4O2/c8-7(9)3-1-2-5(4-7)13(6(14)15)12-11-10/h5,10H,1-4H2/p+1. The Morgan fingerprint density at radius 2 is 2.33 bits per heavy atom. The predicted octanol–water partition coefficient (Wildman–Crippen LogP) is 2.01. The first-order valence-electron chi connectivity index (χ1n) is 4.43. The molecule has 0 aromatic rings. The van der Waals surface area contributed by atoms with E-state index in [1.807, 2.05) is 0 Å². The number of halogens is 2. The van der Waals surface area contributed by atoms with Gasteiger partial charge in [0, 0.05) is 6.42 Å². The van der Waals surface area contributed by atoms with E-state index in [0.29, 0.717) is 11.4 Å². The summed E-state index contributed by atoms with van der Waals surface area (Å²) in [6.07, 6.45) is -1.68. The van der Waals surface area contributed by atoms with Crippen LogP contribution < -0.4 is 4.91 Å². The molecule has 0 saturated heterocycles. The SMILES string of the molecule is N=[N+]=NN(C(=O)O)C1CCCC(F)(F)C1. The van der Waals surface area contributed by atoms with E-state index >= 15 is 0 Å². The largest absolute Gasteiger partial charge is 0.526 e. The monoisotopic (exact) mass is 221 g/mol. The molecule has 0 spiro atoms. The van der Waals surface area contributed by atoms with E-state index in [4.69, 9.17) is 10.6 Å². The predicted molar refractivity (Wildman–Crippen MR) is 44.3 cm³/mol. The molecule has 0 aliphatic heterocycles. The summed E-state index contributed by atoms with van der Waals surface area (Å²) in [6, 6.07) is -0.889. The molecule has 1 aliphatic carbocycles. The first-order valence-corrected chi connectivity index (χ1v) is 4.43. The zero-order chi connectivity index (χ0) is 11.5. The van der Waals surface area contributed by atoms with Crippen LogP contribution in [0.1, 0.15) is 25.7 Å². The van der Waals surface area contributed by atoms with Gasteiger partial charge < -0.3 is 5.11 Å². The van der Waals surface area contributed by atoms with E-state index in [-0.39, 0.29) is 12.8 Å². The third-order valence-electron chi connectivity index (χ3n) is 2.30. The number of amides is 1. The van der Waals surface area contributed by atoms with Gasteiger partial charge in [-0.1, -0.05) is 0 Å². The molecule has 8 heteroatoms. The molecule has 84 valence electrons. The lowest BCUT2D eigenvalue weighted by atomic mass is 9.92. The lowest BCUT2D eigenvalue weighted by molar-refractivity contribution is -0.0608. The summed E-state index contributed by atoms with van der Waals surface area (Å²) >= 11 is 0. The smallest absolute Gasteiger partial charge is 0.445 e. The van der Waals surface area contributed by atoms with E-state index in [0.717, 1.165) is 0 Å². The molecular formula is C7H11F2N4O2+. The van der Waals surface area contributed by atoms with Gasteiger partial charge in [0.1, 0.15) is 6.04 Å². The van der Waals surface area contributed by atoms with E-state index in [1.165, 1.54) is 0 Å². The lowest BCUT2D eigenvalue weighted by Crippen LogP contribution is -2.42. The second-order valence-corrected chi connectivity index (χ2v) is 3.42. The molecule has 0 bridgehead atoms. The van der Waals surface area contributed by atoms with Crippen LogP contribution in [0.5, 0.6) is 0 Å². The summed E-state index contributed by atoms with van der Waals surface area (Å²) in [5.41, 5.74) is 6.41. The molecule has 0 aromatic heterocycles. The second-order valence-electron chi connectivity index (χ2n) is 3.42. The van der Waals surface area contributed by atoms with Gasteiger partial charge in [-0.3, -0.25) is 0 Å². The van der Waals surface area contributed by atoms with Crippen LogP contribution in [0.3, 0.4) is 0 Å². The third-order valence-corrected chi connectivity index (χ3v) is 2.30. The minimum absolute atomic E-state index is 0.227. The maximum atomic E-state index is 13.0. The van der Waals surface area contributed by atoms with Crippen molar-refractivity contribution in [3.8, 4) is 0 Å². The van der Waals surface area contributed by atoms with Crippen molar-refractivity contribution in [2.24, 2.45) is 5.22 Å². The Bertz CT molecular complexity index is 301. The van der Waals surface area contributed by atoms with Crippen LogP contribution in [0, 0.1) is 5.53 Å². The Morgan fingerprint density at radius 1 is 1.67 bits per heavy atom. The van der Waals surface area contributed by atoms with Gasteiger partial charge in [0.25, 0.3) is 5.92 Å². The van der Waals surface area contributed by atoms with Crippen molar-refractivity contribution >= 4 is 6.09 Å². The van der Waals surface area contributed by atoms with Crippen LogP contribution in [0.15, 0.2) is 5.22 Å². The quantitative estimate of drug-likeness (QED) is 0.424. The Kier molecular flexibility index (Phi) is 3.31. The average Bonchev–Trinajstić information content (AvgIpc) is 2.11. The van der Waals surface area contributed by atoms with Crippen molar-refractivity contribution in [2.45, 2.75) is 37.6 Å². The Hall–Kier alpha value is -1.56. The van der Waals surface area contributed by atoms with Crippen LogP contribution >= 0.6 is 0 Å². The minimum Gasteiger partial charge on any atom is -0.445 e. The van der Waals surface area contributed by atoms with Crippen molar-refractivity contribution in [1.82, 2.24) is 9.92 Å². The van der Waals surface area contributed by atoms with Crippen molar-refractivity contribution in [2.75, 3.05) is 0 Å². The number of rotatable bonds is 2. The van der Waals surface area contributed by atoms with Gasteiger partial charge in [-0.2, -0.15) is 4.79 Å². The third kappa shape index (κ3) is 2.95. The molecule has 0 heterocycles. The van der Waals surface area contributed by atoms with E-state index < -0.39 is 24.5 Å². The summed E-state index contributed by atoms with van der Waals surface area (Å²) < 4.78 is 26.0. The van der Waals surface area contributed by atoms with Gasteiger partial charge in [0.15, 0.2) is 0 Å². The molecule has 2 N–H and O–H groups in total. The van der Waals surface area contributed by atoms with Crippen LogP contribution in [-0.4, -0.2) is 28.2 Å². The molecule has 0 aromatic carbocycles. The van der Waals surface area contributed by atoms with Crippen molar-refractivity contribution < 1.29 is 18.7 Å². The molecule has 1 rings (SSSR count). The number of alkyl halides is 2. The number of carboxylic acid groups (broad SMARTS) is 1. The molecule has 1 atom stereocenters. The van der Waals surface area contributed by atoms with Crippen LogP contribution in [-0.2, 0) is 0 Å². The molecule has 1 fully saturated rings. The van der Waals surface area contributed by atoms with Gasteiger partial charge in [-0.25, -0.2) is 8.78 Å². The summed E-state index contributed by atoms with van der Waals surface area (Å²) in [6.45, 7) is 0. The van der Waals surface area contributed by atoms with Gasteiger partial charge in [-0.05, 0) is 23.4 Å². The summed E-state index contributed by atoms with van der Waals surface area (Å²) in [5, 5.41) is 12.1. The topological polar surface area (TPSA) is 90.9 Å². The van der Waals surface area contributed by atoms with Gasteiger partial charge in [-0.15, -0.1) is 0 Å². The van der Waals surface area contributed by atoms with Gasteiger partial charge in [0.05, 0.1) is 11.3 Å². The highest BCUT2D eigenvalue weighted by Crippen LogP contribution is 2.35. The second kappa shape index (κ2) is 4.31. The highest BCUT2D eigenvalue weighted by Gasteiger charge is 2.44. The minimum atomic E-state index is -2.85. The van der Waals surface area contributed by atoms with E-state index in [2.05, 4.69) is 10.1 Å². The van der Waals surface area contributed by atoms with Crippen molar-refractivity contribution in [3.63, 3.8) is 0 Å². The Balaban J connectivity index is 2.76. The lowest BCUT2D eigenvalue weighted by Gasteiger charge is -2.27. The number of nitrogens with zero attached hydrogens (tertiary/aromatic N) is 3. The average molecular weight is 221 g/mol. The van der Waals surface area contributed by atoms with Crippen molar-refractivity contribution in [1.29, 1.82) is 5.53 Å². The summed E-state index contributed by atoms with van der Waals surface area (Å²) in [4.78, 5) is 13.2. The molecule has 15 heavy (non-hydrogen) atoms. The molecule has 1 saturated carbocycles. The maximum absolute atomic E-state index is 13.0. The van der Waals surface area contributed by atoms with Gasteiger partial charge in [0.2, 0.25) is 5.22 Å². The van der Waals surface area contributed by atoms with E-state index in [1.54, 1.807) is 0 Å². The van der Waals surface area contributed by atoms with Crippen molar-refractivity contribution in [3.05, 3.63) is 0 Å². The fourth-order valence-electron chi connectivity index (χ4n) is 1.67. The highest BCUT2D eigenvalue weighted by atomic mass is 19.3.